The quantitative estimate of drug-likeness (QED) is 0.831. The first-order valence-corrected chi connectivity index (χ1v) is 11.0. The Morgan fingerprint density at radius 2 is 2.00 bits per heavy atom. The second kappa shape index (κ2) is 7.70. The fraction of sp³-hybridized carbons (Fsp3) is 0.478. The molecule has 148 valence electrons. The van der Waals surface area contributed by atoms with Crippen LogP contribution >= 0.6 is 11.3 Å². The van der Waals surface area contributed by atoms with Crippen molar-refractivity contribution in [1.29, 1.82) is 0 Å². The van der Waals surface area contributed by atoms with Crippen LogP contribution in [0.2, 0.25) is 0 Å². The number of likely N-dealkylation sites (tertiary alicyclic amines) is 1. The summed E-state index contributed by atoms with van der Waals surface area (Å²) < 4.78 is 0. The standard InChI is InChI=1S/C23H28N2O2S/c1-16-13-19(16)21(26)25-11-4-10-23(15-25,22(27)24-2)14-17-6-8-18(9-7-17)20-5-3-12-28-20/h3,5-9,12,16,19H,4,10-11,13-15H2,1-2H3,(H,24,27). The van der Waals surface area contributed by atoms with Crippen molar-refractivity contribution in [3.63, 3.8) is 0 Å². The largest absolute Gasteiger partial charge is 0.359 e. The Kier molecular flexibility index (Phi) is 5.28. The average Bonchev–Trinajstić information content (AvgIpc) is 3.20. The van der Waals surface area contributed by atoms with E-state index < -0.39 is 5.41 Å². The van der Waals surface area contributed by atoms with E-state index in [0.29, 0.717) is 18.9 Å². The highest BCUT2D eigenvalue weighted by atomic mass is 32.1. The average molecular weight is 397 g/mol. The number of carbonyl (C=O) groups excluding carboxylic acids is 2. The minimum atomic E-state index is -0.536. The molecule has 1 aliphatic heterocycles. The Balaban J connectivity index is 1.54. The highest BCUT2D eigenvalue weighted by Gasteiger charge is 2.47. The minimum absolute atomic E-state index is 0.0520. The molecule has 28 heavy (non-hydrogen) atoms. The molecule has 2 fully saturated rings. The predicted octanol–water partition coefficient (Wildman–Crippen LogP) is 3.97. The summed E-state index contributed by atoms with van der Waals surface area (Å²) in [7, 11) is 1.70. The molecule has 0 spiro atoms. The van der Waals surface area contributed by atoms with E-state index in [-0.39, 0.29) is 17.7 Å². The van der Waals surface area contributed by atoms with E-state index in [0.717, 1.165) is 31.4 Å². The second-order valence-electron chi connectivity index (χ2n) is 8.39. The maximum Gasteiger partial charge on any atom is 0.228 e. The minimum Gasteiger partial charge on any atom is -0.359 e. The Bertz CT molecular complexity index is 846. The summed E-state index contributed by atoms with van der Waals surface area (Å²) in [6, 6.07) is 12.7. The molecule has 3 atom stereocenters. The van der Waals surface area contributed by atoms with Crippen molar-refractivity contribution in [1.82, 2.24) is 10.2 Å². The molecule has 1 aromatic heterocycles. The molecular weight excluding hydrogens is 368 g/mol. The number of nitrogens with one attached hydrogen (secondary N) is 1. The lowest BCUT2D eigenvalue weighted by Gasteiger charge is -2.42. The van der Waals surface area contributed by atoms with Crippen molar-refractivity contribution >= 4 is 23.2 Å². The SMILES string of the molecule is CNC(=O)C1(Cc2ccc(-c3cccs3)cc2)CCCN(C(=O)C2CC2C)C1. The fourth-order valence-corrected chi connectivity index (χ4v) is 5.25. The van der Waals surface area contributed by atoms with Crippen LogP contribution < -0.4 is 5.32 Å². The molecule has 1 aliphatic carbocycles. The molecule has 0 bridgehead atoms. The van der Waals surface area contributed by atoms with Gasteiger partial charge in [-0.2, -0.15) is 0 Å². The molecule has 5 heteroatoms. The smallest absolute Gasteiger partial charge is 0.228 e. The van der Waals surface area contributed by atoms with Gasteiger partial charge in [-0.3, -0.25) is 9.59 Å². The highest BCUT2D eigenvalue weighted by molar-refractivity contribution is 7.13. The molecule has 2 aliphatic rings. The van der Waals surface area contributed by atoms with Gasteiger partial charge in [0.15, 0.2) is 0 Å². The van der Waals surface area contributed by atoms with E-state index in [1.54, 1.807) is 18.4 Å². The molecule has 0 radical (unpaired) electrons. The number of piperidine rings is 1. The van der Waals surface area contributed by atoms with Crippen LogP contribution in [0.5, 0.6) is 0 Å². The summed E-state index contributed by atoms with van der Waals surface area (Å²) in [4.78, 5) is 28.9. The van der Waals surface area contributed by atoms with E-state index in [2.05, 4.69) is 54.0 Å². The zero-order valence-corrected chi connectivity index (χ0v) is 17.4. The Hall–Kier alpha value is -2.14. The summed E-state index contributed by atoms with van der Waals surface area (Å²) in [5.74, 6) is 0.962. The zero-order valence-electron chi connectivity index (χ0n) is 16.6. The predicted molar refractivity (Wildman–Crippen MR) is 113 cm³/mol. The second-order valence-corrected chi connectivity index (χ2v) is 9.34. The van der Waals surface area contributed by atoms with E-state index >= 15 is 0 Å². The third kappa shape index (κ3) is 3.72. The first kappa shape index (κ1) is 19.2. The molecule has 1 saturated heterocycles. The third-order valence-electron chi connectivity index (χ3n) is 6.33. The van der Waals surface area contributed by atoms with Crippen LogP contribution in [0.1, 0.15) is 31.7 Å². The first-order chi connectivity index (χ1) is 13.5. The van der Waals surface area contributed by atoms with Crippen LogP contribution in [0, 0.1) is 17.3 Å². The maximum atomic E-state index is 12.9. The van der Waals surface area contributed by atoms with Gasteiger partial charge in [-0.05, 0) is 54.2 Å². The van der Waals surface area contributed by atoms with Crippen LogP contribution in [0.4, 0.5) is 0 Å². The Morgan fingerprint density at radius 3 is 2.61 bits per heavy atom. The lowest BCUT2D eigenvalue weighted by molar-refractivity contribution is -0.142. The normalized spacial score (nSPS) is 26.7. The van der Waals surface area contributed by atoms with Gasteiger partial charge in [0.1, 0.15) is 0 Å². The molecular formula is C23H28N2O2S. The number of hydrogen-bond donors (Lipinski definition) is 1. The van der Waals surface area contributed by atoms with Gasteiger partial charge in [0, 0.05) is 30.9 Å². The van der Waals surface area contributed by atoms with Crippen molar-refractivity contribution in [2.24, 2.45) is 17.3 Å². The molecule has 1 saturated carbocycles. The van der Waals surface area contributed by atoms with Crippen LogP contribution in [-0.4, -0.2) is 36.9 Å². The van der Waals surface area contributed by atoms with Crippen LogP contribution in [0.3, 0.4) is 0 Å². The number of amides is 2. The number of thiophene rings is 1. The lowest BCUT2D eigenvalue weighted by Crippen LogP contribution is -2.54. The molecule has 1 N–H and O–H groups in total. The van der Waals surface area contributed by atoms with Crippen molar-refractivity contribution in [3.8, 4) is 10.4 Å². The van der Waals surface area contributed by atoms with Crippen LogP contribution in [-0.2, 0) is 16.0 Å². The number of rotatable bonds is 5. The van der Waals surface area contributed by atoms with Crippen molar-refractivity contribution in [3.05, 3.63) is 47.3 Å². The molecule has 2 heterocycles. The monoisotopic (exact) mass is 396 g/mol. The summed E-state index contributed by atoms with van der Waals surface area (Å²) in [6.45, 7) is 3.44. The van der Waals surface area contributed by atoms with Gasteiger partial charge in [0.05, 0.1) is 5.41 Å². The number of nitrogens with zero attached hydrogens (tertiary/aromatic N) is 1. The molecule has 2 amide bonds. The third-order valence-corrected chi connectivity index (χ3v) is 7.25. The van der Waals surface area contributed by atoms with Gasteiger partial charge in [0.2, 0.25) is 11.8 Å². The van der Waals surface area contributed by atoms with Crippen molar-refractivity contribution in [2.45, 2.75) is 32.6 Å². The number of benzene rings is 1. The summed E-state index contributed by atoms with van der Waals surface area (Å²) in [6.07, 6.45) is 3.37. The Labute approximate surface area is 170 Å². The maximum absolute atomic E-state index is 12.9. The number of carbonyl (C=O) groups is 2. The van der Waals surface area contributed by atoms with E-state index in [1.165, 1.54) is 10.4 Å². The molecule has 2 aromatic rings. The molecule has 3 unspecified atom stereocenters. The Morgan fingerprint density at radius 1 is 1.25 bits per heavy atom. The topological polar surface area (TPSA) is 49.4 Å². The van der Waals surface area contributed by atoms with Gasteiger partial charge >= 0.3 is 0 Å². The van der Waals surface area contributed by atoms with Crippen LogP contribution in [0.25, 0.3) is 10.4 Å². The van der Waals surface area contributed by atoms with Crippen molar-refractivity contribution in [2.75, 3.05) is 20.1 Å². The van der Waals surface area contributed by atoms with Gasteiger partial charge in [-0.15, -0.1) is 11.3 Å². The zero-order chi connectivity index (χ0) is 19.7. The van der Waals surface area contributed by atoms with Gasteiger partial charge in [-0.1, -0.05) is 37.3 Å². The molecule has 1 aromatic carbocycles. The lowest BCUT2D eigenvalue weighted by atomic mass is 9.74. The first-order valence-electron chi connectivity index (χ1n) is 10.2. The molecule has 4 nitrogen and oxygen atoms in total. The molecule has 4 rings (SSSR count). The summed E-state index contributed by atoms with van der Waals surface area (Å²) >= 11 is 1.73. The summed E-state index contributed by atoms with van der Waals surface area (Å²) in [5, 5.41) is 4.95. The van der Waals surface area contributed by atoms with Crippen molar-refractivity contribution < 1.29 is 9.59 Å². The van der Waals surface area contributed by atoms with Crippen LogP contribution in [0.15, 0.2) is 41.8 Å². The number of hydrogen-bond acceptors (Lipinski definition) is 3. The van der Waals surface area contributed by atoms with Gasteiger partial charge in [-0.25, -0.2) is 0 Å². The fourth-order valence-electron chi connectivity index (χ4n) is 4.52. The van der Waals surface area contributed by atoms with E-state index in [1.807, 2.05) is 4.90 Å². The van der Waals surface area contributed by atoms with E-state index in [9.17, 15) is 9.59 Å². The van der Waals surface area contributed by atoms with Gasteiger partial charge < -0.3 is 10.2 Å². The van der Waals surface area contributed by atoms with E-state index in [4.69, 9.17) is 0 Å². The summed E-state index contributed by atoms with van der Waals surface area (Å²) in [5.41, 5.74) is 1.82. The highest BCUT2D eigenvalue weighted by Crippen LogP contribution is 2.42. The van der Waals surface area contributed by atoms with Gasteiger partial charge in [0.25, 0.3) is 0 Å².